The number of amides is 3. The molecule has 0 bridgehead atoms. The number of nitrogens with one attached hydrogen (secondary N) is 1. The van der Waals surface area contributed by atoms with E-state index in [9.17, 15) is 24.3 Å². The highest BCUT2D eigenvalue weighted by Gasteiger charge is 2.56. The van der Waals surface area contributed by atoms with Crippen LogP contribution in [0, 0.1) is 19.8 Å². The first-order valence-corrected chi connectivity index (χ1v) is 14.4. The fourth-order valence-electron chi connectivity index (χ4n) is 5.23. The number of fused-ring (bicyclic) bond motifs is 2. The number of hydrogen-bond donors (Lipinski definition) is 2. The van der Waals surface area contributed by atoms with E-state index in [1.165, 1.54) is 33.4 Å². The van der Waals surface area contributed by atoms with Gasteiger partial charge in [-0.3, -0.25) is 23.7 Å². The number of rotatable bonds is 5. The van der Waals surface area contributed by atoms with Crippen LogP contribution in [0.1, 0.15) is 27.5 Å². The van der Waals surface area contributed by atoms with Crippen molar-refractivity contribution in [2.24, 2.45) is 5.92 Å². The predicted molar refractivity (Wildman–Crippen MR) is 155 cm³/mol. The molecule has 2 unspecified atom stereocenters. The number of thiazole rings is 1. The van der Waals surface area contributed by atoms with Crippen LogP contribution in [-0.4, -0.2) is 32.6 Å². The van der Waals surface area contributed by atoms with Crippen LogP contribution >= 0.6 is 23.1 Å². The molecule has 10 heteroatoms. The Morgan fingerprint density at radius 1 is 0.875 bits per heavy atom. The maximum atomic E-state index is 13.9. The fraction of sp³-hybridized carbons (Fsp3) is 0.200. The molecule has 0 saturated carbocycles. The van der Waals surface area contributed by atoms with E-state index in [2.05, 4.69) is 5.32 Å². The third-order valence-electron chi connectivity index (χ3n) is 7.23. The molecule has 4 aromatic rings. The molecule has 2 aliphatic rings. The number of aromatic nitrogens is 1. The molecule has 0 aliphatic carbocycles. The summed E-state index contributed by atoms with van der Waals surface area (Å²) < 4.78 is 1.39. The molecule has 0 spiro atoms. The Kier molecular flexibility index (Phi) is 6.59. The van der Waals surface area contributed by atoms with Gasteiger partial charge in [-0.15, -0.1) is 0 Å². The molecular weight excluding hydrogens is 546 g/mol. The van der Waals surface area contributed by atoms with Crippen molar-refractivity contribution < 1.29 is 19.5 Å². The van der Waals surface area contributed by atoms with Crippen LogP contribution in [0.4, 0.5) is 11.4 Å². The Morgan fingerprint density at radius 3 is 2.15 bits per heavy atom. The molecule has 0 radical (unpaired) electrons. The van der Waals surface area contributed by atoms with E-state index in [4.69, 9.17) is 0 Å². The minimum atomic E-state index is -0.777. The number of nitrogens with zero attached hydrogens (tertiary/aromatic N) is 2. The molecule has 3 atom stereocenters. The lowest BCUT2D eigenvalue weighted by molar-refractivity contribution is -0.122. The summed E-state index contributed by atoms with van der Waals surface area (Å²) in [6, 6.07) is 21.0. The summed E-state index contributed by atoms with van der Waals surface area (Å²) in [7, 11) is 0. The SMILES string of the molecule is Cc1ccc(NC(=O)Cn2c3c(sc2=O)[C@@H](c2ccc(O)cc2)C2C(=O)N(c4ccc(C)cc4)C(=O)C2S3)cc1. The van der Waals surface area contributed by atoms with Crippen LogP contribution < -0.4 is 15.1 Å². The van der Waals surface area contributed by atoms with Crippen molar-refractivity contribution in [3.05, 3.63) is 104 Å². The number of anilines is 2. The number of aryl methyl sites for hydroxylation is 2. The second-order valence-corrected chi connectivity index (χ2v) is 12.1. The zero-order valence-corrected chi connectivity index (χ0v) is 23.3. The van der Waals surface area contributed by atoms with Crippen molar-refractivity contribution in [1.82, 2.24) is 4.57 Å². The van der Waals surface area contributed by atoms with Crippen LogP contribution in [0.3, 0.4) is 0 Å². The van der Waals surface area contributed by atoms with Crippen molar-refractivity contribution in [3.8, 4) is 5.75 Å². The first kappa shape index (κ1) is 26.1. The minimum Gasteiger partial charge on any atom is -0.508 e. The number of hydrogen-bond acceptors (Lipinski definition) is 7. The van der Waals surface area contributed by atoms with Gasteiger partial charge in [0, 0.05) is 16.5 Å². The number of carbonyl (C=O) groups excluding carboxylic acids is 3. The summed E-state index contributed by atoms with van der Waals surface area (Å²) in [4.78, 5) is 55.4. The lowest BCUT2D eigenvalue weighted by Gasteiger charge is -2.30. The highest BCUT2D eigenvalue weighted by Crippen LogP contribution is 2.54. The normalized spacial score (nSPS) is 19.9. The van der Waals surface area contributed by atoms with E-state index in [1.807, 2.05) is 38.1 Å². The van der Waals surface area contributed by atoms with E-state index < -0.39 is 17.1 Å². The van der Waals surface area contributed by atoms with Crippen LogP contribution in [0.25, 0.3) is 0 Å². The zero-order chi connectivity index (χ0) is 28.1. The second kappa shape index (κ2) is 10.1. The first-order chi connectivity index (χ1) is 19.2. The summed E-state index contributed by atoms with van der Waals surface area (Å²) in [6.45, 7) is 3.65. The molecule has 6 rings (SSSR count). The molecule has 3 heterocycles. The Hall–Kier alpha value is -4.15. The lowest BCUT2D eigenvalue weighted by Crippen LogP contribution is -2.33. The van der Waals surface area contributed by atoms with Gasteiger partial charge in [-0.1, -0.05) is 70.6 Å². The summed E-state index contributed by atoms with van der Waals surface area (Å²) in [5.41, 5.74) is 3.89. The molecule has 40 heavy (non-hydrogen) atoms. The topological polar surface area (TPSA) is 109 Å². The molecule has 3 amide bonds. The Bertz CT molecular complexity index is 1690. The van der Waals surface area contributed by atoms with Gasteiger partial charge < -0.3 is 10.4 Å². The van der Waals surface area contributed by atoms with E-state index in [0.717, 1.165) is 22.5 Å². The number of thioether (sulfide) groups is 1. The largest absolute Gasteiger partial charge is 0.508 e. The van der Waals surface area contributed by atoms with Gasteiger partial charge in [-0.05, 0) is 55.8 Å². The van der Waals surface area contributed by atoms with Crippen molar-refractivity contribution in [3.63, 3.8) is 0 Å². The number of carbonyl (C=O) groups is 3. The van der Waals surface area contributed by atoms with Crippen LogP contribution in [0.2, 0.25) is 0 Å². The monoisotopic (exact) mass is 571 g/mol. The third-order valence-corrected chi connectivity index (χ3v) is 9.83. The molecule has 1 aromatic heterocycles. The standard InChI is InChI=1S/C30H25N3O5S2/c1-16-3-9-19(10-4-16)31-22(35)15-32-29-26(40-30(32)38)23(18-7-13-21(34)14-8-18)24-25(39-29)28(37)33(27(24)36)20-11-5-17(2)6-12-20/h3-14,23-25,34H,15H2,1-2H3,(H,31,35)/t23-,24?,25?/m0/s1. The highest BCUT2D eigenvalue weighted by atomic mass is 32.2. The smallest absolute Gasteiger partial charge is 0.308 e. The summed E-state index contributed by atoms with van der Waals surface area (Å²) >= 11 is 2.16. The second-order valence-electron chi connectivity index (χ2n) is 10.0. The van der Waals surface area contributed by atoms with Gasteiger partial charge in [0.25, 0.3) is 0 Å². The van der Waals surface area contributed by atoms with E-state index in [0.29, 0.717) is 26.8 Å². The Morgan fingerprint density at radius 2 is 1.50 bits per heavy atom. The number of phenols is 1. The molecule has 3 aromatic carbocycles. The van der Waals surface area contributed by atoms with Gasteiger partial charge in [0.15, 0.2) is 0 Å². The van der Waals surface area contributed by atoms with Gasteiger partial charge in [-0.25, -0.2) is 4.90 Å². The fourth-order valence-corrected chi connectivity index (χ4v) is 8.00. The average Bonchev–Trinajstić information content (AvgIpc) is 3.37. The number of imide groups is 1. The lowest BCUT2D eigenvalue weighted by atomic mass is 9.83. The van der Waals surface area contributed by atoms with Crippen molar-refractivity contribution in [2.45, 2.75) is 36.6 Å². The summed E-state index contributed by atoms with van der Waals surface area (Å²) in [5.74, 6) is -2.33. The van der Waals surface area contributed by atoms with Gasteiger partial charge in [0.2, 0.25) is 17.7 Å². The van der Waals surface area contributed by atoms with Gasteiger partial charge in [-0.2, -0.15) is 0 Å². The Labute approximate surface area is 238 Å². The molecule has 2 aliphatic heterocycles. The predicted octanol–water partition coefficient (Wildman–Crippen LogP) is 4.67. The highest BCUT2D eigenvalue weighted by molar-refractivity contribution is 8.00. The molecular formula is C30H25N3O5S2. The average molecular weight is 572 g/mol. The quantitative estimate of drug-likeness (QED) is 0.337. The van der Waals surface area contributed by atoms with Gasteiger partial charge in [0.05, 0.1) is 16.6 Å². The number of aromatic hydroxyl groups is 1. The van der Waals surface area contributed by atoms with Crippen LogP contribution in [0.15, 0.2) is 82.6 Å². The number of benzene rings is 3. The summed E-state index contributed by atoms with van der Waals surface area (Å²) in [6.07, 6.45) is 0. The zero-order valence-electron chi connectivity index (χ0n) is 21.7. The maximum Gasteiger partial charge on any atom is 0.308 e. The molecule has 2 N–H and O–H groups in total. The van der Waals surface area contributed by atoms with Crippen LogP contribution in [0.5, 0.6) is 5.75 Å². The van der Waals surface area contributed by atoms with E-state index >= 15 is 0 Å². The molecule has 1 saturated heterocycles. The number of phenolic OH excluding ortho intramolecular Hbond substituents is 1. The maximum absolute atomic E-state index is 13.9. The van der Waals surface area contributed by atoms with Crippen molar-refractivity contribution in [2.75, 3.05) is 10.2 Å². The van der Waals surface area contributed by atoms with Gasteiger partial charge >= 0.3 is 4.87 Å². The molecule has 1 fully saturated rings. The minimum absolute atomic E-state index is 0.0688. The van der Waals surface area contributed by atoms with E-state index in [-0.39, 0.29) is 34.9 Å². The summed E-state index contributed by atoms with van der Waals surface area (Å²) in [5, 5.41) is 12.5. The Balaban J connectivity index is 1.40. The van der Waals surface area contributed by atoms with Crippen molar-refractivity contribution >= 4 is 52.2 Å². The third kappa shape index (κ3) is 4.52. The van der Waals surface area contributed by atoms with E-state index in [1.54, 1.807) is 36.4 Å². The van der Waals surface area contributed by atoms with Crippen LogP contribution in [-0.2, 0) is 20.9 Å². The molecule has 202 valence electrons. The first-order valence-electron chi connectivity index (χ1n) is 12.7. The van der Waals surface area contributed by atoms with Gasteiger partial charge in [0.1, 0.15) is 17.5 Å². The van der Waals surface area contributed by atoms with Crippen molar-refractivity contribution in [1.29, 1.82) is 0 Å². The molecule has 8 nitrogen and oxygen atoms in total.